The molecule has 0 spiro atoms. The highest BCUT2D eigenvalue weighted by Gasteiger charge is 2.05. The zero-order valence-electron chi connectivity index (χ0n) is 11.6. The highest BCUT2D eigenvalue weighted by atomic mass is 79.9. The molecule has 0 aliphatic heterocycles. The van der Waals surface area contributed by atoms with Crippen molar-refractivity contribution in [3.8, 4) is 0 Å². The Labute approximate surface area is 135 Å². The summed E-state index contributed by atoms with van der Waals surface area (Å²) in [7, 11) is 1.32. The van der Waals surface area contributed by atoms with Crippen molar-refractivity contribution in [3.05, 3.63) is 63.9 Å². The van der Waals surface area contributed by atoms with Crippen LogP contribution in [0.2, 0.25) is 0 Å². The van der Waals surface area contributed by atoms with Gasteiger partial charge in [0.1, 0.15) is 0 Å². The Morgan fingerprint density at radius 1 is 1.23 bits per heavy atom. The molecule has 1 amide bonds. The molecule has 1 aromatic carbocycles. The topological polar surface area (TPSA) is 80.6 Å². The maximum atomic E-state index is 11.8. The van der Waals surface area contributed by atoms with Crippen molar-refractivity contribution in [2.75, 3.05) is 7.11 Å². The van der Waals surface area contributed by atoms with Crippen LogP contribution in [0.1, 0.15) is 26.3 Å². The molecule has 0 radical (unpaired) electrons. The molecular formula is C15H12BrN3O3. The summed E-state index contributed by atoms with van der Waals surface area (Å²) < 4.78 is 5.32. The van der Waals surface area contributed by atoms with Gasteiger partial charge in [-0.2, -0.15) is 5.10 Å². The molecule has 22 heavy (non-hydrogen) atoms. The van der Waals surface area contributed by atoms with Crippen molar-refractivity contribution < 1.29 is 14.3 Å². The standard InChI is InChI=1S/C15H12BrN3O3/c1-22-15(21)11-4-2-10(3-5-11)7-18-19-14(20)12-6-13(16)9-17-8-12/h2-9H,1H3,(H,19,20)/b18-7+. The van der Waals surface area contributed by atoms with Crippen LogP contribution in [0.4, 0.5) is 0 Å². The molecule has 112 valence electrons. The minimum absolute atomic E-state index is 0.365. The molecule has 0 fully saturated rings. The van der Waals surface area contributed by atoms with Gasteiger partial charge in [0, 0.05) is 16.9 Å². The van der Waals surface area contributed by atoms with Crippen LogP contribution in [0.5, 0.6) is 0 Å². The molecular weight excluding hydrogens is 350 g/mol. The lowest BCUT2D eigenvalue weighted by atomic mass is 10.1. The van der Waals surface area contributed by atoms with Gasteiger partial charge in [0.25, 0.3) is 5.91 Å². The Hall–Kier alpha value is -2.54. The van der Waals surface area contributed by atoms with E-state index in [0.717, 1.165) is 5.56 Å². The van der Waals surface area contributed by atoms with E-state index in [-0.39, 0.29) is 5.91 Å². The van der Waals surface area contributed by atoms with E-state index >= 15 is 0 Å². The van der Waals surface area contributed by atoms with E-state index in [2.05, 4.69) is 36.2 Å². The van der Waals surface area contributed by atoms with Crippen molar-refractivity contribution in [2.24, 2.45) is 5.10 Å². The Balaban J connectivity index is 1.97. The average Bonchev–Trinajstić information content (AvgIpc) is 2.54. The smallest absolute Gasteiger partial charge is 0.337 e. The summed E-state index contributed by atoms with van der Waals surface area (Å²) >= 11 is 3.24. The number of hydrazone groups is 1. The number of ether oxygens (including phenoxy) is 1. The minimum Gasteiger partial charge on any atom is -0.465 e. The summed E-state index contributed by atoms with van der Waals surface area (Å²) in [4.78, 5) is 27.0. The lowest BCUT2D eigenvalue weighted by Crippen LogP contribution is -2.17. The van der Waals surface area contributed by atoms with Crippen molar-refractivity contribution in [1.29, 1.82) is 0 Å². The number of benzene rings is 1. The summed E-state index contributed by atoms with van der Waals surface area (Å²) in [6.07, 6.45) is 4.51. The van der Waals surface area contributed by atoms with Gasteiger partial charge >= 0.3 is 5.97 Å². The fraction of sp³-hybridized carbons (Fsp3) is 0.0667. The number of nitrogens with one attached hydrogen (secondary N) is 1. The number of aromatic nitrogens is 1. The summed E-state index contributed by atoms with van der Waals surface area (Å²) in [5.74, 6) is -0.768. The van der Waals surface area contributed by atoms with Crippen LogP contribution in [0.15, 0.2) is 52.3 Å². The number of rotatable bonds is 4. The molecule has 7 heteroatoms. The summed E-state index contributed by atoms with van der Waals surface area (Å²) in [6, 6.07) is 8.27. The van der Waals surface area contributed by atoms with Gasteiger partial charge in [-0.25, -0.2) is 10.2 Å². The third kappa shape index (κ3) is 4.23. The number of hydrogen-bond donors (Lipinski definition) is 1. The van der Waals surface area contributed by atoms with Crippen LogP contribution < -0.4 is 5.43 Å². The van der Waals surface area contributed by atoms with Gasteiger partial charge in [-0.15, -0.1) is 0 Å². The molecule has 0 aliphatic carbocycles. The van der Waals surface area contributed by atoms with E-state index < -0.39 is 5.97 Å². The van der Waals surface area contributed by atoms with Gasteiger partial charge in [-0.3, -0.25) is 9.78 Å². The normalized spacial score (nSPS) is 10.5. The molecule has 0 saturated carbocycles. The highest BCUT2D eigenvalue weighted by molar-refractivity contribution is 9.10. The van der Waals surface area contributed by atoms with E-state index in [4.69, 9.17) is 0 Å². The maximum Gasteiger partial charge on any atom is 0.337 e. The first kappa shape index (κ1) is 15.8. The molecule has 2 aromatic rings. The second kappa shape index (κ2) is 7.46. The van der Waals surface area contributed by atoms with Gasteiger partial charge in [-0.05, 0) is 39.7 Å². The van der Waals surface area contributed by atoms with Crippen LogP contribution >= 0.6 is 15.9 Å². The largest absolute Gasteiger partial charge is 0.465 e. The van der Waals surface area contributed by atoms with E-state index in [1.54, 1.807) is 36.5 Å². The second-order valence-electron chi connectivity index (χ2n) is 4.20. The number of amides is 1. The third-order valence-corrected chi connectivity index (χ3v) is 3.11. The Morgan fingerprint density at radius 2 is 1.95 bits per heavy atom. The highest BCUT2D eigenvalue weighted by Crippen LogP contribution is 2.09. The minimum atomic E-state index is -0.404. The molecule has 0 unspecified atom stereocenters. The average molecular weight is 362 g/mol. The van der Waals surface area contributed by atoms with E-state index in [1.807, 2.05) is 0 Å². The molecule has 1 N–H and O–H groups in total. The van der Waals surface area contributed by atoms with Crippen molar-refractivity contribution >= 4 is 34.0 Å². The fourth-order valence-corrected chi connectivity index (χ4v) is 1.95. The first-order valence-electron chi connectivity index (χ1n) is 6.22. The van der Waals surface area contributed by atoms with Crippen molar-refractivity contribution in [2.45, 2.75) is 0 Å². The van der Waals surface area contributed by atoms with Gasteiger partial charge in [0.05, 0.1) is 24.5 Å². The lowest BCUT2D eigenvalue weighted by Gasteiger charge is -2.00. The third-order valence-electron chi connectivity index (χ3n) is 2.68. The van der Waals surface area contributed by atoms with Crippen molar-refractivity contribution in [1.82, 2.24) is 10.4 Å². The van der Waals surface area contributed by atoms with Gasteiger partial charge < -0.3 is 4.74 Å². The molecule has 0 atom stereocenters. The number of nitrogens with zero attached hydrogens (tertiary/aromatic N) is 2. The number of pyridine rings is 1. The number of hydrogen-bond acceptors (Lipinski definition) is 5. The first-order valence-corrected chi connectivity index (χ1v) is 7.02. The quantitative estimate of drug-likeness (QED) is 0.515. The Kier molecular flexibility index (Phi) is 5.37. The monoisotopic (exact) mass is 361 g/mol. The van der Waals surface area contributed by atoms with Crippen LogP contribution in [-0.2, 0) is 4.74 Å². The zero-order chi connectivity index (χ0) is 15.9. The summed E-state index contributed by atoms with van der Waals surface area (Å²) in [6.45, 7) is 0. The SMILES string of the molecule is COC(=O)c1ccc(/C=N/NC(=O)c2cncc(Br)c2)cc1. The summed E-state index contributed by atoms with van der Waals surface area (Å²) in [5, 5.41) is 3.86. The van der Waals surface area contributed by atoms with Gasteiger partial charge in [-0.1, -0.05) is 12.1 Å². The van der Waals surface area contributed by atoms with Crippen molar-refractivity contribution in [3.63, 3.8) is 0 Å². The first-order chi connectivity index (χ1) is 10.6. The van der Waals surface area contributed by atoms with Crippen LogP contribution in [0.25, 0.3) is 0 Å². The molecule has 6 nitrogen and oxygen atoms in total. The van der Waals surface area contributed by atoms with Gasteiger partial charge in [0.2, 0.25) is 0 Å². The number of esters is 1. The maximum absolute atomic E-state index is 11.8. The molecule has 1 heterocycles. The van der Waals surface area contributed by atoms with Crippen LogP contribution in [-0.4, -0.2) is 30.2 Å². The van der Waals surface area contributed by atoms with Gasteiger partial charge in [0.15, 0.2) is 0 Å². The molecule has 0 bridgehead atoms. The number of carbonyl (C=O) groups excluding carboxylic acids is 2. The Morgan fingerprint density at radius 3 is 2.59 bits per heavy atom. The summed E-state index contributed by atoms with van der Waals surface area (Å²) in [5.41, 5.74) is 3.98. The van der Waals surface area contributed by atoms with E-state index in [1.165, 1.54) is 19.5 Å². The predicted molar refractivity (Wildman–Crippen MR) is 84.8 cm³/mol. The molecule has 1 aromatic heterocycles. The van der Waals surface area contributed by atoms with Crippen LogP contribution in [0, 0.1) is 0 Å². The van der Waals surface area contributed by atoms with E-state index in [9.17, 15) is 9.59 Å². The molecule has 0 aliphatic rings. The zero-order valence-corrected chi connectivity index (χ0v) is 13.2. The number of carbonyl (C=O) groups is 2. The molecule has 0 saturated heterocycles. The fourth-order valence-electron chi connectivity index (χ4n) is 1.59. The lowest BCUT2D eigenvalue weighted by molar-refractivity contribution is 0.0600. The van der Waals surface area contributed by atoms with E-state index in [0.29, 0.717) is 15.6 Å². The predicted octanol–water partition coefficient (Wildman–Crippen LogP) is 2.39. The Bertz CT molecular complexity index is 714. The number of methoxy groups -OCH3 is 1. The second-order valence-corrected chi connectivity index (χ2v) is 5.12. The molecule has 2 rings (SSSR count). The van der Waals surface area contributed by atoms with Crippen LogP contribution in [0.3, 0.4) is 0 Å². The number of halogens is 1.